The van der Waals surface area contributed by atoms with E-state index in [9.17, 15) is 30.0 Å². The molecule has 2 aliphatic rings. The van der Waals surface area contributed by atoms with Crippen molar-refractivity contribution in [2.75, 3.05) is 13.2 Å². The number of ether oxygens (including phenoxy) is 3. The summed E-state index contributed by atoms with van der Waals surface area (Å²) in [5.41, 5.74) is -0.855. The molecule has 4 N–H and O–H groups in total. The lowest BCUT2D eigenvalue weighted by Gasteiger charge is -2.39. The molecule has 1 heterocycles. The van der Waals surface area contributed by atoms with Crippen molar-refractivity contribution in [3.63, 3.8) is 0 Å². The van der Waals surface area contributed by atoms with Gasteiger partial charge in [0.15, 0.2) is 0 Å². The molecule has 0 amide bonds. The average molecular weight is 477 g/mol. The highest BCUT2D eigenvalue weighted by atomic mass is 16.7. The fourth-order valence-corrected chi connectivity index (χ4v) is 4.43. The van der Waals surface area contributed by atoms with Gasteiger partial charge >= 0.3 is 11.9 Å². The molecule has 1 aliphatic carbocycles. The van der Waals surface area contributed by atoms with E-state index >= 15 is 0 Å². The van der Waals surface area contributed by atoms with Crippen LogP contribution in [0.15, 0.2) is 42.2 Å². The van der Waals surface area contributed by atoms with Crippen LogP contribution in [0.2, 0.25) is 0 Å². The van der Waals surface area contributed by atoms with Crippen LogP contribution in [0.4, 0.5) is 0 Å². The number of esters is 2. The van der Waals surface area contributed by atoms with Gasteiger partial charge in [0.25, 0.3) is 0 Å². The first-order valence-electron chi connectivity index (χ1n) is 11.4. The van der Waals surface area contributed by atoms with E-state index in [0.29, 0.717) is 11.1 Å². The Hall–Kier alpha value is -2.88. The van der Waals surface area contributed by atoms with Crippen LogP contribution in [0.5, 0.6) is 5.75 Å². The lowest BCUT2D eigenvalue weighted by atomic mass is 9.80. The Kier molecular flexibility index (Phi) is 8.35. The standard InChI is InChI=1S/C25H32O9/c1-3-15(2)10-22(30)34-24-23-19(17(12-26)13-32-24)11-20(25(23,31)14-27)33-21(29)9-6-16-4-7-18(28)8-5-16/h4-9,13,15,19-20,23-24,26-28,31H,3,10-12,14H2,1-2H3/b9-6-/t15-,19-,20+,23-,24+,25-/m0/s1. The van der Waals surface area contributed by atoms with Gasteiger partial charge in [0.05, 0.1) is 25.4 Å². The molecule has 1 saturated carbocycles. The van der Waals surface area contributed by atoms with Crippen molar-refractivity contribution < 1.29 is 44.2 Å². The van der Waals surface area contributed by atoms with E-state index in [1.165, 1.54) is 30.5 Å². The molecule has 6 atom stereocenters. The molecule has 0 saturated heterocycles. The highest BCUT2D eigenvalue weighted by Gasteiger charge is 2.62. The number of hydrogen-bond acceptors (Lipinski definition) is 9. The van der Waals surface area contributed by atoms with Crippen molar-refractivity contribution in [2.45, 2.75) is 51.1 Å². The normalized spacial score (nSPS) is 29.1. The molecule has 186 valence electrons. The Bertz CT molecular complexity index is 923. The zero-order valence-electron chi connectivity index (χ0n) is 19.3. The van der Waals surface area contributed by atoms with Gasteiger partial charge in [0, 0.05) is 18.4 Å². The number of benzene rings is 1. The SMILES string of the molecule is CC[C@H](C)CC(=O)O[C@H]1OC=C(CO)[C@@H]2C[C@@H](OC(=O)/C=C\c3ccc(O)cc3)[C@@](O)(CO)[C@H]12. The van der Waals surface area contributed by atoms with Crippen molar-refractivity contribution >= 4 is 18.0 Å². The summed E-state index contributed by atoms with van der Waals surface area (Å²) >= 11 is 0. The second-order valence-electron chi connectivity index (χ2n) is 8.93. The molecule has 0 spiro atoms. The molecule has 9 nitrogen and oxygen atoms in total. The Morgan fingerprint density at radius 1 is 1.24 bits per heavy atom. The summed E-state index contributed by atoms with van der Waals surface area (Å²) in [4.78, 5) is 24.9. The smallest absolute Gasteiger partial charge is 0.331 e. The molecule has 0 unspecified atom stereocenters. The fourth-order valence-electron chi connectivity index (χ4n) is 4.43. The summed E-state index contributed by atoms with van der Waals surface area (Å²) in [5.74, 6) is -2.53. The van der Waals surface area contributed by atoms with E-state index in [2.05, 4.69) is 0 Å². The first-order valence-corrected chi connectivity index (χ1v) is 11.4. The summed E-state index contributed by atoms with van der Waals surface area (Å²) in [7, 11) is 0. The predicted octanol–water partition coefficient (Wildman–Crippen LogP) is 1.89. The number of aliphatic hydroxyl groups is 3. The van der Waals surface area contributed by atoms with E-state index in [0.717, 1.165) is 6.42 Å². The maximum atomic E-state index is 12.5. The van der Waals surface area contributed by atoms with Gasteiger partial charge in [-0.3, -0.25) is 4.79 Å². The highest BCUT2D eigenvalue weighted by Crippen LogP contribution is 2.50. The first kappa shape index (κ1) is 25.7. The average Bonchev–Trinajstić information content (AvgIpc) is 3.11. The summed E-state index contributed by atoms with van der Waals surface area (Å²) in [6.45, 7) is 2.74. The van der Waals surface area contributed by atoms with E-state index in [1.807, 2.05) is 13.8 Å². The third-order valence-electron chi connectivity index (χ3n) is 6.62. The van der Waals surface area contributed by atoms with Crippen LogP contribution in [-0.2, 0) is 23.8 Å². The number of fused-ring (bicyclic) bond motifs is 1. The third kappa shape index (κ3) is 5.60. The molecule has 34 heavy (non-hydrogen) atoms. The molecule has 1 aromatic rings. The summed E-state index contributed by atoms with van der Waals surface area (Å²) in [6, 6.07) is 6.17. The Balaban J connectivity index is 1.77. The van der Waals surface area contributed by atoms with E-state index in [1.54, 1.807) is 12.1 Å². The minimum Gasteiger partial charge on any atom is -0.508 e. The monoisotopic (exact) mass is 476 g/mol. The van der Waals surface area contributed by atoms with Gasteiger partial charge in [0.2, 0.25) is 6.29 Å². The van der Waals surface area contributed by atoms with Crippen LogP contribution in [-0.4, -0.2) is 63.6 Å². The number of carbonyl (C=O) groups excluding carboxylic acids is 2. The Labute approximate surface area is 198 Å². The molecular weight excluding hydrogens is 444 g/mol. The Morgan fingerprint density at radius 2 is 1.94 bits per heavy atom. The fraction of sp³-hybridized carbons (Fsp3) is 0.520. The van der Waals surface area contributed by atoms with Crippen molar-refractivity contribution in [2.24, 2.45) is 17.8 Å². The van der Waals surface area contributed by atoms with Crippen LogP contribution >= 0.6 is 0 Å². The van der Waals surface area contributed by atoms with Crippen LogP contribution < -0.4 is 0 Å². The molecule has 1 aromatic carbocycles. The Morgan fingerprint density at radius 3 is 2.56 bits per heavy atom. The van der Waals surface area contributed by atoms with Gasteiger partial charge < -0.3 is 34.6 Å². The molecule has 9 heteroatoms. The topological polar surface area (TPSA) is 143 Å². The molecule has 0 aromatic heterocycles. The van der Waals surface area contributed by atoms with Crippen LogP contribution in [0, 0.1) is 17.8 Å². The minimum atomic E-state index is -1.96. The van der Waals surface area contributed by atoms with Gasteiger partial charge in [0.1, 0.15) is 17.5 Å². The molecule has 3 rings (SSSR count). The maximum absolute atomic E-state index is 12.5. The lowest BCUT2D eigenvalue weighted by Crippen LogP contribution is -2.54. The third-order valence-corrected chi connectivity index (χ3v) is 6.62. The zero-order chi connectivity index (χ0) is 24.9. The quantitative estimate of drug-likeness (QED) is 0.310. The van der Waals surface area contributed by atoms with Gasteiger partial charge in [-0.1, -0.05) is 32.4 Å². The second-order valence-corrected chi connectivity index (χ2v) is 8.93. The van der Waals surface area contributed by atoms with Crippen LogP contribution in [0.1, 0.15) is 38.7 Å². The number of carbonyl (C=O) groups is 2. The molecular formula is C25H32O9. The summed E-state index contributed by atoms with van der Waals surface area (Å²) in [6.07, 6.45) is 2.70. The van der Waals surface area contributed by atoms with Crippen molar-refractivity contribution in [1.82, 2.24) is 0 Å². The number of rotatable bonds is 9. The molecule has 0 radical (unpaired) electrons. The van der Waals surface area contributed by atoms with E-state index in [-0.39, 0.29) is 31.1 Å². The second kappa shape index (κ2) is 11.0. The number of phenols is 1. The zero-order valence-corrected chi connectivity index (χ0v) is 19.3. The lowest BCUT2D eigenvalue weighted by molar-refractivity contribution is -0.221. The largest absolute Gasteiger partial charge is 0.508 e. The molecule has 0 bridgehead atoms. The first-order chi connectivity index (χ1) is 16.2. The highest BCUT2D eigenvalue weighted by molar-refractivity contribution is 5.87. The van der Waals surface area contributed by atoms with E-state index in [4.69, 9.17) is 14.2 Å². The number of phenolic OH excluding ortho intramolecular Hbond substituents is 1. The summed E-state index contributed by atoms with van der Waals surface area (Å²) < 4.78 is 16.5. The van der Waals surface area contributed by atoms with Gasteiger partial charge in [-0.05, 0) is 41.7 Å². The number of aliphatic hydroxyl groups excluding tert-OH is 2. The van der Waals surface area contributed by atoms with Crippen molar-refractivity contribution in [3.8, 4) is 5.75 Å². The van der Waals surface area contributed by atoms with Crippen molar-refractivity contribution in [1.29, 1.82) is 0 Å². The van der Waals surface area contributed by atoms with Gasteiger partial charge in [-0.25, -0.2) is 4.79 Å². The summed E-state index contributed by atoms with van der Waals surface area (Å²) in [5, 5.41) is 40.6. The number of hydrogen-bond donors (Lipinski definition) is 4. The molecule has 1 fully saturated rings. The van der Waals surface area contributed by atoms with Crippen LogP contribution in [0.3, 0.4) is 0 Å². The van der Waals surface area contributed by atoms with Crippen molar-refractivity contribution in [3.05, 3.63) is 47.7 Å². The molecule has 1 aliphatic heterocycles. The van der Waals surface area contributed by atoms with E-state index < -0.39 is 48.4 Å². The number of aromatic hydroxyl groups is 1. The minimum absolute atomic E-state index is 0.0932. The maximum Gasteiger partial charge on any atom is 0.331 e. The van der Waals surface area contributed by atoms with Gasteiger partial charge in [-0.2, -0.15) is 0 Å². The predicted molar refractivity (Wildman–Crippen MR) is 121 cm³/mol. The van der Waals surface area contributed by atoms with Gasteiger partial charge in [-0.15, -0.1) is 0 Å². The van der Waals surface area contributed by atoms with Crippen LogP contribution in [0.25, 0.3) is 6.08 Å².